The number of sulfonamides is 1. The Balaban J connectivity index is 2.00. The van der Waals surface area contributed by atoms with Crippen LogP contribution in [0.4, 0.5) is 5.69 Å². The van der Waals surface area contributed by atoms with Gasteiger partial charge in [-0.3, -0.25) is 4.79 Å². The molecule has 0 saturated heterocycles. The minimum Gasteiger partial charge on any atom is -0.322 e. The van der Waals surface area contributed by atoms with Crippen LogP contribution in [0.2, 0.25) is 10.0 Å². The third-order valence-electron chi connectivity index (χ3n) is 3.92. The van der Waals surface area contributed by atoms with Crippen molar-refractivity contribution in [3.8, 4) is 0 Å². The van der Waals surface area contributed by atoms with Crippen LogP contribution >= 0.6 is 23.2 Å². The maximum Gasteiger partial charge on any atom is 0.257 e. The molecule has 0 radical (unpaired) electrons. The Hall–Kier alpha value is -1.60. The molecule has 0 heterocycles. The minimum atomic E-state index is -3.56. The van der Waals surface area contributed by atoms with E-state index in [4.69, 9.17) is 23.2 Å². The topological polar surface area (TPSA) is 75.3 Å². The van der Waals surface area contributed by atoms with E-state index in [0.717, 1.165) is 25.7 Å². The maximum absolute atomic E-state index is 12.3. The molecule has 0 aliphatic carbocycles. The predicted octanol–water partition coefficient (Wildman–Crippen LogP) is 5.10. The number of unbranched alkanes of at least 4 members (excludes halogenated alkanes) is 3. The molecule has 2 rings (SSSR count). The molecule has 0 atom stereocenters. The number of anilines is 1. The first-order valence-electron chi connectivity index (χ1n) is 8.69. The first-order chi connectivity index (χ1) is 12.8. The average molecular weight is 429 g/mol. The van der Waals surface area contributed by atoms with Crippen molar-refractivity contribution in [1.82, 2.24) is 4.72 Å². The zero-order chi connectivity index (χ0) is 19.9. The SMILES string of the molecule is CCCCCCNS(=O)(=O)c1ccc(NC(=O)c2cc(Cl)ccc2Cl)cc1. The number of rotatable bonds is 9. The van der Waals surface area contributed by atoms with Gasteiger partial charge in [-0.15, -0.1) is 0 Å². The molecule has 2 aromatic carbocycles. The van der Waals surface area contributed by atoms with E-state index in [2.05, 4.69) is 17.0 Å². The highest BCUT2D eigenvalue weighted by molar-refractivity contribution is 7.89. The fourth-order valence-electron chi connectivity index (χ4n) is 2.43. The van der Waals surface area contributed by atoms with Crippen LogP contribution in [0.1, 0.15) is 43.0 Å². The van der Waals surface area contributed by atoms with Gasteiger partial charge in [-0.05, 0) is 48.9 Å². The standard InChI is InChI=1S/C19H22Cl2N2O3S/c1-2-3-4-5-12-22-27(25,26)16-9-7-15(8-10-16)23-19(24)17-13-14(20)6-11-18(17)21/h6-11,13,22H,2-5,12H2,1H3,(H,23,24). The van der Waals surface area contributed by atoms with Crippen LogP contribution in [0.3, 0.4) is 0 Å². The highest BCUT2D eigenvalue weighted by atomic mass is 35.5. The van der Waals surface area contributed by atoms with E-state index in [9.17, 15) is 13.2 Å². The van der Waals surface area contributed by atoms with Crippen molar-refractivity contribution < 1.29 is 13.2 Å². The second kappa shape index (κ2) is 10.1. The molecule has 0 unspecified atom stereocenters. The highest BCUT2D eigenvalue weighted by Gasteiger charge is 2.15. The number of nitrogens with one attached hydrogen (secondary N) is 2. The first-order valence-corrected chi connectivity index (χ1v) is 10.9. The molecule has 2 aromatic rings. The van der Waals surface area contributed by atoms with Gasteiger partial charge < -0.3 is 5.32 Å². The summed E-state index contributed by atoms with van der Waals surface area (Å²) < 4.78 is 27.1. The Labute approximate surface area is 170 Å². The van der Waals surface area contributed by atoms with Crippen molar-refractivity contribution in [2.45, 2.75) is 37.5 Å². The number of carbonyl (C=O) groups excluding carboxylic acids is 1. The summed E-state index contributed by atoms with van der Waals surface area (Å²) >= 11 is 11.9. The molecule has 0 saturated carbocycles. The van der Waals surface area contributed by atoms with Crippen molar-refractivity contribution in [3.05, 3.63) is 58.1 Å². The van der Waals surface area contributed by atoms with E-state index in [-0.39, 0.29) is 15.5 Å². The van der Waals surface area contributed by atoms with Crippen molar-refractivity contribution in [1.29, 1.82) is 0 Å². The van der Waals surface area contributed by atoms with Crippen LogP contribution in [0.5, 0.6) is 0 Å². The third-order valence-corrected chi connectivity index (χ3v) is 5.96. The monoisotopic (exact) mass is 428 g/mol. The molecule has 0 aromatic heterocycles. The van der Waals surface area contributed by atoms with Crippen LogP contribution in [-0.2, 0) is 10.0 Å². The smallest absolute Gasteiger partial charge is 0.257 e. The van der Waals surface area contributed by atoms with Crippen molar-refractivity contribution in [2.24, 2.45) is 0 Å². The summed E-state index contributed by atoms with van der Waals surface area (Å²) in [7, 11) is -3.56. The summed E-state index contributed by atoms with van der Waals surface area (Å²) in [6.45, 7) is 2.51. The van der Waals surface area contributed by atoms with Gasteiger partial charge in [-0.1, -0.05) is 49.4 Å². The Kier molecular flexibility index (Phi) is 8.10. The van der Waals surface area contributed by atoms with E-state index in [0.29, 0.717) is 17.3 Å². The lowest BCUT2D eigenvalue weighted by atomic mass is 10.2. The maximum atomic E-state index is 12.3. The van der Waals surface area contributed by atoms with Gasteiger partial charge in [-0.2, -0.15) is 0 Å². The van der Waals surface area contributed by atoms with Gasteiger partial charge in [0.15, 0.2) is 0 Å². The Morgan fingerprint density at radius 1 is 1.00 bits per heavy atom. The molecule has 5 nitrogen and oxygen atoms in total. The van der Waals surface area contributed by atoms with Gasteiger partial charge in [0.25, 0.3) is 5.91 Å². The number of carbonyl (C=O) groups is 1. The van der Waals surface area contributed by atoms with E-state index in [1.807, 2.05) is 0 Å². The van der Waals surface area contributed by atoms with E-state index in [1.54, 1.807) is 12.1 Å². The fourth-order valence-corrected chi connectivity index (χ4v) is 3.88. The zero-order valence-electron chi connectivity index (χ0n) is 15.0. The average Bonchev–Trinajstić information content (AvgIpc) is 2.64. The Morgan fingerprint density at radius 2 is 1.70 bits per heavy atom. The third kappa shape index (κ3) is 6.50. The minimum absolute atomic E-state index is 0.150. The van der Waals surface area contributed by atoms with E-state index < -0.39 is 15.9 Å². The summed E-state index contributed by atoms with van der Waals surface area (Å²) in [6, 6.07) is 10.6. The first kappa shape index (κ1) is 21.7. The fraction of sp³-hybridized carbons (Fsp3) is 0.316. The molecule has 0 spiro atoms. The van der Waals surface area contributed by atoms with Crippen molar-refractivity contribution >= 4 is 44.8 Å². The molecular weight excluding hydrogens is 407 g/mol. The Morgan fingerprint density at radius 3 is 2.37 bits per heavy atom. The molecule has 8 heteroatoms. The summed E-state index contributed by atoms with van der Waals surface area (Å²) in [4.78, 5) is 12.5. The quantitative estimate of drug-likeness (QED) is 0.545. The zero-order valence-corrected chi connectivity index (χ0v) is 17.3. The normalized spacial score (nSPS) is 11.4. The lowest BCUT2D eigenvalue weighted by Crippen LogP contribution is -2.24. The van der Waals surface area contributed by atoms with Gasteiger partial charge in [0.1, 0.15) is 0 Å². The van der Waals surface area contributed by atoms with Gasteiger partial charge in [0.05, 0.1) is 15.5 Å². The summed E-state index contributed by atoms with van der Waals surface area (Å²) in [5.41, 5.74) is 0.701. The van der Waals surface area contributed by atoms with Gasteiger partial charge in [0, 0.05) is 17.3 Å². The van der Waals surface area contributed by atoms with Crippen LogP contribution in [0.15, 0.2) is 47.4 Å². The molecule has 0 bridgehead atoms. The lowest BCUT2D eigenvalue weighted by Gasteiger charge is -2.09. The highest BCUT2D eigenvalue weighted by Crippen LogP contribution is 2.22. The number of halogens is 2. The second-order valence-corrected chi connectivity index (χ2v) is 8.67. The van der Waals surface area contributed by atoms with Gasteiger partial charge >= 0.3 is 0 Å². The molecular formula is C19H22Cl2N2O3S. The molecule has 0 aliphatic heterocycles. The molecule has 1 amide bonds. The van der Waals surface area contributed by atoms with Crippen LogP contribution in [-0.4, -0.2) is 20.9 Å². The largest absolute Gasteiger partial charge is 0.322 e. The molecule has 2 N–H and O–H groups in total. The summed E-state index contributed by atoms with van der Waals surface area (Å²) in [6.07, 6.45) is 3.99. The number of hydrogen-bond acceptors (Lipinski definition) is 3. The molecule has 27 heavy (non-hydrogen) atoms. The number of benzene rings is 2. The van der Waals surface area contributed by atoms with Crippen molar-refractivity contribution in [2.75, 3.05) is 11.9 Å². The van der Waals surface area contributed by atoms with E-state index >= 15 is 0 Å². The summed E-state index contributed by atoms with van der Waals surface area (Å²) in [5.74, 6) is -0.424. The second-order valence-electron chi connectivity index (χ2n) is 6.06. The van der Waals surface area contributed by atoms with Gasteiger partial charge in [0.2, 0.25) is 10.0 Å². The number of amides is 1. The molecule has 0 aliphatic rings. The van der Waals surface area contributed by atoms with Crippen LogP contribution in [0.25, 0.3) is 0 Å². The number of hydrogen-bond donors (Lipinski definition) is 2. The lowest BCUT2D eigenvalue weighted by molar-refractivity contribution is 0.102. The van der Waals surface area contributed by atoms with Crippen molar-refractivity contribution in [3.63, 3.8) is 0 Å². The molecule has 0 fully saturated rings. The van der Waals surface area contributed by atoms with Crippen LogP contribution < -0.4 is 10.0 Å². The predicted molar refractivity (Wildman–Crippen MR) is 110 cm³/mol. The van der Waals surface area contributed by atoms with E-state index in [1.165, 1.54) is 30.3 Å². The van der Waals surface area contributed by atoms with Gasteiger partial charge in [-0.25, -0.2) is 13.1 Å². The van der Waals surface area contributed by atoms with Crippen LogP contribution in [0, 0.1) is 0 Å². The molecule has 146 valence electrons. The summed E-state index contributed by atoms with van der Waals surface area (Å²) in [5, 5.41) is 3.35. The Bertz CT molecular complexity index is 884.